The van der Waals surface area contributed by atoms with Gasteiger partial charge in [0.25, 0.3) is 0 Å². The summed E-state index contributed by atoms with van der Waals surface area (Å²) in [5.41, 5.74) is 6.33. The molecule has 0 aromatic rings. The molecular weight excluding hydrogens is 136 g/mol. The second-order valence-electron chi connectivity index (χ2n) is 4.63. The van der Waals surface area contributed by atoms with E-state index in [1.54, 1.807) is 0 Å². The molecule has 1 saturated carbocycles. The molecule has 0 aromatic carbocycles. The number of hydrogen-bond acceptors (Lipinski definition) is 2. The molecule has 2 nitrogen and oxygen atoms in total. The van der Waals surface area contributed by atoms with Gasteiger partial charge < -0.3 is 10.6 Å². The first-order valence-electron chi connectivity index (χ1n) is 4.57. The lowest BCUT2D eigenvalue weighted by Gasteiger charge is -2.26. The van der Waals surface area contributed by atoms with Crippen molar-refractivity contribution >= 4 is 0 Å². The molecule has 2 rings (SSSR count). The summed E-state index contributed by atoms with van der Waals surface area (Å²) in [4.78, 5) is 2.42. The molecule has 64 valence electrons. The minimum Gasteiger partial charge on any atom is -0.325 e. The van der Waals surface area contributed by atoms with E-state index < -0.39 is 0 Å². The molecule has 0 aromatic heterocycles. The zero-order valence-corrected chi connectivity index (χ0v) is 7.51. The maximum atomic E-state index is 6.20. The molecule has 0 radical (unpaired) electrons. The lowest BCUT2D eigenvalue weighted by atomic mass is 9.88. The van der Waals surface area contributed by atoms with E-state index in [1.165, 1.54) is 25.9 Å². The summed E-state index contributed by atoms with van der Waals surface area (Å²) >= 11 is 0. The van der Waals surface area contributed by atoms with Crippen molar-refractivity contribution in [3.63, 3.8) is 0 Å². The predicted octanol–water partition coefficient (Wildman–Crippen LogP) is 0.675. The second-order valence-corrected chi connectivity index (χ2v) is 4.63. The third-order valence-corrected chi connectivity index (χ3v) is 3.52. The van der Waals surface area contributed by atoms with E-state index in [-0.39, 0.29) is 5.54 Å². The minimum atomic E-state index is 0.134. The van der Waals surface area contributed by atoms with Crippen molar-refractivity contribution in [2.75, 3.05) is 20.1 Å². The van der Waals surface area contributed by atoms with Crippen molar-refractivity contribution in [1.29, 1.82) is 0 Å². The first-order chi connectivity index (χ1) is 5.09. The van der Waals surface area contributed by atoms with Crippen LogP contribution in [0.3, 0.4) is 0 Å². The highest BCUT2D eigenvalue weighted by molar-refractivity contribution is 5.02. The Morgan fingerprint density at radius 1 is 1.45 bits per heavy atom. The molecule has 2 aliphatic rings. The van der Waals surface area contributed by atoms with E-state index in [4.69, 9.17) is 5.73 Å². The summed E-state index contributed by atoms with van der Waals surface area (Å²) < 4.78 is 0. The van der Waals surface area contributed by atoms with Crippen LogP contribution in [0.2, 0.25) is 0 Å². The lowest BCUT2D eigenvalue weighted by molar-refractivity contribution is 0.306. The van der Waals surface area contributed by atoms with Crippen LogP contribution in [0.15, 0.2) is 0 Å². The van der Waals surface area contributed by atoms with Crippen molar-refractivity contribution in [2.24, 2.45) is 17.6 Å². The van der Waals surface area contributed by atoms with Gasteiger partial charge in [-0.3, -0.25) is 0 Å². The van der Waals surface area contributed by atoms with Crippen molar-refractivity contribution in [3.05, 3.63) is 0 Å². The lowest BCUT2D eigenvalue weighted by Crippen LogP contribution is -2.42. The normalized spacial score (nSPS) is 51.5. The third kappa shape index (κ3) is 1.09. The summed E-state index contributed by atoms with van der Waals surface area (Å²) in [6.07, 6.45) is 2.58. The molecule has 1 saturated heterocycles. The Morgan fingerprint density at radius 3 is 2.82 bits per heavy atom. The number of likely N-dealkylation sites (tertiary alicyclic amines) is 1. The Labute approximate surface area is 68.7 Å². The monoisotopic (exact) mass is 154 g/mol. The van der Waals surface area contributed by atoms with Crippen LogP contribution in [-0.2, 0) is 0 Å². The van der Waals surface area contributed by atoms with Gasteiger partial charge in [-0.05, 0) is 38.6 Å². The van der Waals surface area contributed by atoms with Crippen molar-refractivity contribution in [1.82, 2.24) is 4.90 Å². The first-order valence-corrected chi connectivity index (χ1v) is 4.57. The first kappa shape index (κ1) is 7.56. The van der Waals surface area contributed by atoms with E-state index in [2.05, 4.69) is 18.9 Å². The molecule has 0 amide bonds. The van der Waals surface area contributed by atoms with Crippen LogP contribution in [-0.4, -0.2) is 30.6 Å². The molecule has 11 heavy (non-hydrogen) atoms. The van der Waals surface area contributed by atoms with Crippen LogP contribution in [0.25, 0.3) is 0 Å². The summed E-state index contributed by atoms with van der Waals surface area (Å²) in [6.45, 7) is 4.71. The molecule has 1 aliphatic heterocycles. The van der Waals surface area contributed by atoms with Crippen LogP contribution in [0, 0.1) is 11.8 Å². The number of hydrogen-bond donors (Lipinski definition) is 1. The van der Waals surface area contributed by atoms with Crippen LogP contribution in [0.1, 0.15) is 19.8 Å². The maximum absolute atomic E-state index is 6.20. The zero-order valence-electron chi connectivity index (χ0n) is 7.51. The van der Waals surface area contributed by atoms with Gasteiger partial charge in [0.15, 0.2) is 0 Å². The summed E-state index contributed by atoms with van der Waals surface area (Å²) in [6, 6.07) is 0. The van der Waals surface area contributed by atoms with Gasteiger partial charge in [-0.25, -0.2) is 0 Å². The van der Waals surface area contributed by atoms with Gasteiger partial charge in [-0.2, -0.15) is 0 Å². The molecule has 2 N–H and O–H groups in total. The van der Waals surface area contributed by atoms with E-state index >= 15 is 0 Å². The largest absolute Gasteiger partial charge is 0.325 e. The number of nitrogens with zero attached hydrogens (tertiary/aromatic N) is 1. The van der Waals surface area contributed by atoms with E-state index in [0.29, 0.717) is 0 Å². The van der Waals surface area contributed by atoms with E-state index in [0.717, 1.165) is 11.8 Å². The van der Waals surface area contributed by atoms with Crippen LogP contribution < -0.4 is 5.73 Å². The van der Waals surface area contributed by atoms with Gasteiger partial charge in [-0.15, -0.1) is 0 Å². The van der Waals surface area contributed by atoms with E-state index in [1.807, 2.05) is 0 Å². The summed E-state index contributed by atoms with van der Waals surface area (Å²) in [5.74, 6) is 1.67. The average Bonchev–Trinajstić information content (AvgIpc) is 2.35. The van der Waals surface area contributed by atoms with Gasteiger partial charge in [0, 0.05) is 18.6 Å². The van der Waals surface area contributed by atoms with E-state index in [9.17, 15) is 0 Å². The van der Waals surface area contributed by atoms with Crippen molar-refractivity contribution in [3.8, 4) is 0 Å². The molecule has 3 atom stereocenters. The van der Waals surface area contributed by atoms with Gasteiger partial charge in [0.05, 0.1) is 0 Å². The van der Waals surface area contributed by atoms with Gasteiger partial charge >= 0.3 is 0 Å². The number of fused-ring (bicyclic) bond motifs is 1. The van der Waals surface area contributed by atoms with Crippen molar-refractivity contribution in [2.45, 2.75) is 25.3 Å². The smallest absolute Gasteiger partial charge is 0.0169 e. The molecular formula is C9H18N2. The highest BCUT2D eigenvalue weighted by Gasteiger charge is 2.46. The number of rotatable bonds is 0. The SMILES string of the molecule is CN1CC2CCC(C)(N)C2C1. The standard InChI is InChI=1S/C9H18N2/c1-9(10)4-3-7-5-11(2)6-8(7)9/h7-8H,3-6,10H2,1-2H3. The fourth-order valence-electron chi connectivity index (χ4n) is 2.81. The minimum absolute atomic E-state index is 0.134. The number of nitrogens with two attached hydrogens (primary N) is 1. The average molecular weight is 154 g/mol. The Morgan fingerprint density at radius 2 is 2.18 bits per heavy atom. The Kier molecular flexibility index (Phi) is 1.52. The molecule has 1 heterocycles. The zero-order chi connectivity index (χ0) is 8.06. The summed E-state index contributed by atoms with van der Waals surface area (Å²) in [7, 11) is 2.20. The van der Waals surface area contributed by atoms with Gasteiger partial charge in [-0.1, -0.05) is 0 Å². The molecule has 1 aliphatic carbocycles. The molecule has 2 fully saturated rings. The van der Waals surface area contributed by atoms with Crippen molar-refractivity contribution < 1.29 is 0 Å². The molecule has 0 spiro atoms. The molecule has 0 bridgehead atoms. The topological polar surface area (TPSA) is 29.3 Å². The third-order valence-electron chi connectivity index (χ3n) is 3.52. The molecule has 3 unspecified atom stereocenters. The fourth-order valence-corrected chi connectivity index (χ4v) is 2.81. The van der Waals surface area contributed by atoms with Gasteiger partial charge in [0.1, 0.15) is 0 Å². The maximum Gasteiger partial charge on any atom is 0.0169 e. The predicted molar refractivity (Wildman–Crippen MR) is 46.3 cm³/mol. The quantitative estimate of drug-likeness (QED) is 0.556. The summed E-state index contributed by atoms with van der Waals surface area (Å²) in [5, 5.41) is 0. The Hall–Kier alpha value is -0.0800. The fraction of sp³-hybridized carbons (Fsp3) is 1.00. The second kappa shape index (κ2) is 2.20. The van der Waals surface area contributed by atoms with Crippen LogP contribution >= 0.6 is 0 Å². The highest BCUT2D eigenvalue weighted by atomic mass is 15.1. The Bertz CT molecular complexity index is 165. The van der Waals surface area contributed by atoms with Gasteiger partial charge in [0.2, 0.25) is 0 Å². The van der Waals surface area contributed by atoms with Crippen LogP contribution in [0.5, 0.6) is 0 Å². The molecule has 2 heteroatoms. The van der Waals surface area contributed by atoms with Crippen LogP contribution in [0.4, 0.5) is 0 Å². The highest BCUT2D eigenvalue weighted by Crippen LogP contribution is 2.42. The Balaban J connectivity index is 2.13.